The molecule has 20 heavy (non-hydrogen) atoms. The molecular formula is C14H18F5N. The molecule has 0 fully saturated rings. The highest BCUT2D eigenvalue weighted by atomic mass is 19.4. The molecule has 114 valence electrons. The van der Waals surface area contributed by atoms with Gasteiger partial charge in [0.15, 0.2) is 0 Å². The smallest absolute Gasteiger partial charge is 0.314 e. The lowest BCUT2D eigenvalue weighted by atomic mass is 10.0. The summed E-state index contributed by atoms with van der Waals surface area (Å²) in [7, 11) is 0. The van der Waals surface area contributed by atoms with Crippen LogP contribution in [0.3, 0.4) is 0 Å². The molecule has 0 saturated heterocycles. The van der Waals surface area contributed by atoms with Gasteiger partial charge < -0.3 is 5.32 Å². The van der Waals surface area contributed by atoms with Crippen LogP contribution in [0.25, 0.3) is 0 Å². The highest BCUT2D eigenvalue weighted by Gasteiger charge is 2.28. The van der Waals surface area contributed by atoms with Gasteiger partial charge in [-0.15, -0.1) is 0 Å². The SMILES string of the molecule is CCCNC(CCC(F)(F)F)Cc1cc(F)cc(F)c1. The molecule has 0 spiro atoms. The molecule has 1 aromatic rings. The predicted molar refractivity (Wildman–Crippen MR) is 67.4 cm³/mol. The first-order chi connectivity index (χ1) is 9.30. The van der Waals surface area contributed by atoms with E-state index in [1.54, 1.807) is 0 Å². The van der Waals surface area contributed by atoms with Crippen LogP contribution in [-0.2, 0) is 6.42 Å². The summed E-state index contributed by atoms with van der Waals surface area (Å²) in [5.41, 5.74) is 0.360. The Morgan fingerprint density at radius 3 is 2.20 bits per heavy atom. The van der Waals surface area contributed by atoms with Crippen molar-refractivity contribution >= 4 is 0 Å². The van der Waals surface area contributed by atoms with Crippen molar-refractivity contribution in [3.05, 3.63) is 35.4 Å². The van der Waals surface area contributed by atoms with E-state index in [4.69, 9.17) is 0 Å². The lowest BCUT2D eigenvalue weighted by Gasteiger charge is -2.19. The molecule has 1 unspecified atom stereocenters. The van der Waals surface area contributed by atoms with E-state index in [1.807, 2.05) is 6.92 Å². The minimum atomic E-state index is -4.22. The van der Waals surface area contributed by atoms with Crippen molar-refractivity contribution in [3.63, 3.8) is 0 Å². The molecule has 1 rings (SSSR count). The molecule has 0 aliphatic heterocycles. The number of hydrogen-bond acceptors (Lipinski definition) is 1. The average molecular weight is 295 g/mol. The van der Waals surface area contributed by atoms with E-state index in [9.17, 15) is 22.0 Å². The van der Waals surface area contributed by atoms with Gasteiger partial charge >= 0.3 is 6.18 Å². The first kappa shape index (κ1) is 16.9. The third-order valence-electron chi connectivity index (χ3n) is 2.86. The zero-order valence-corrected chi connectivity index (χ0v) is 11.2. The van der Waals surface area contributed by atoms with Crippen LogP contribution in [-0.4, -0.2) is 18.8 Å². The summed E-state index contributed by atoms with van der Waals surface area (Å²) in [6, 6.07) is 2.60. The Labute approximate surface area is 115 Å². The number of rotatable bonds is 7. The molecule has 0 aliphatic carbocycles. The molecule has 6 heteroatoms. The van der Waals surface area contributed by atoms with E-state index in [1.165, 1.54) is 0 Å². The molecule has 0 saturated carbocycles. The maximum atomic E-state index is 13.1. The van der Waals surface area contributed by atoms with E-state index in [2.05, 4.69) is 5.32 Å². The summed E-state index contributed by atoms with van der Waals surface area (Å²) in [4.78, 5) is 0. The van der Waals surface area contributed by atoms with E-state index >= 15 is 0 Å². The molecular weight excluding hydrogens is 277 g/mol. The number of alkyl halides is 3. The summed E-state index contributed by atoms with van der Waals surface area (Å²) >= 11 is 0. The Morgan fingerprint density at radius 1 is 1.10 bits per heavy atom. The van der Waals surface area contributed by atoms with Gasteiger partial charge in [-0.25, -0.2) is 8.78 Å². The van der Waals surface area contributed by atoms with Crippen molar-refractivity contribution in [2.45, 2.75) is 44.8 Å². The topological polar surface area (TPSA) is 12.0 Å². The second kappa shape index (κ2) is 7.57. The van der Waals surface area contributed by atoms with Crippen LogP contribution in [0, 0.1) is 11.6 Å². The maximum Gasteiger partial charge on any atom is 0.389 e. The van der Waals surface area contributed by atoms with E-state index < -0.39 is 30.3 Å². The van der Waals surface area contributed by atoms with Crippen LogP contribution in [0.5, 0.6) is 0 Å². The maximum absolute atomic E-state index is 13.1. The molecule has 0 heterocycles. The van der Waals surface area contributed by atoms with Gasteiger partial charge in [-0.1, -0.05) is 6.92 Å². The normalized spacial score (nSPS) is 13.5. The minimum Gasteiger partial charge on any atom is -0.314 e. The zero-order chi connectivity index (χ0) is 15.2. The van der Waals surface area contributed by atoms with Crippen molar-refractivity contribution in [2.24, 2.45) is 0 Å². The van der Waals surface area contributed by atoms with Crippen LogP contribution in [0.15, 0.2) is 18.2 Å². The van der Waals surface area contributed by atoms with Gasteiger partial charge in [-0.05, 0) is 43.5 Å². The second-order valence-corrected chi connectivity index (χ2v) is 4.79. The average Bonchev–Trinajstić information content (AvgIpc) is 2.30. The molecule has 1 aromatic carbocycles. The molecule has 0 amide bonds. The third-order valence-corrected chi connectivity index (χ3v) is 2.86. The van der Waals surface area contributed by atoms with E-state index in [-0.39, 0.29) is 12.8 Å². The lowest BCUT2D eigenvalue weighted by Crippen LogP contribution is -2.33. The van der Waals surface area contributed by atoms with Crippen LogP contribution in [0.4, 0.5) is 22.0 Å². The van der Waals surface area contributed by atoms with Crippen molar-refractivity contribution in [2.75, 3.05) is 6.54 Å². The van der Waals surface area contributed by atoms with Crippen LogP contribution >= 0.6 is 0 Å². The predicted octanol–water partition coefficient (Wildman–Crippen LogP) is 4.22. The van der Waals surface area contributed by atoms with Crippen molar-refractivity contribution in [1.29, 1.82) is 0 Å². The zero-order valence-electron chi connectivity index (χ0n) is 11.2. The summed E-state index contributed by atoms with van der Waals surface area (Å²) in [5, 5.41) is 2.98. The van der Waals surface area contributed by atoms with Gasteiger partial charge in [0.1, 0.15) is 11.6 Å². The molecule has 1 nitrogen and oxygen atoms in total. The fourth-order valence-electron chi connectivity index (χ4n) is 1.98. The van der Waals surface area contributed by atoms with Crippen LogP contribution < -0.4 is 5.32 Å². The van der Waals surface area contributed by atoms with E-state index in [0.29, 0.717) is 12.1 Å². The number of hydrogen-bond donors (Lipinski definition) is 1. The third kappa shape index (κ3) is 6.84. The summed E-state index contributed by atoms with van der Waals surface area (Å²) in [6.45, 7) is 2.47. The number of halogens is 5. The number of nitrogens with one attached hydrogen (secondary N) is 1. The van der Waals surface area contributed by atoms with Gasteiger partial charge in [0.05, 0.1) is 0 Å². The van der Waals surface area contributed by atoms with Gasteiger partial charge in [-0.3, -0.25) is 0 Å². The molecule has 0 aliphatic rings. The van der Waals surface area contributed by atoms with E-state index in [0.717, 1.165) is 24.6 Å². The molecule has 0 radical (unpaired) electrons. The molecule has 0 aromatic heterocycles. The Balaban J connectivity index is 2.67. The second-order valence-electron chi connectivity index (χ2n) is 4.79. The van der Waals surface area contributed by atoms with Crippen molar-refractivity contribution in [1.82, 2.24) is 5.32 Å². The lowest BCUT2D eigenvalue weighted by molar-refractivity contribution is -0.136. The quantitative estimate of drug-likeness (QED) is 0.743. The first-order valence-corrected chi connectivity index (χ1v) is 6.55. The Kier molecular flexibility index (Phi) is 6.39. The van der Waals surface area contributed by atoms with Crippen LogP contribution in [0.2, 0.25) is 0 Å². The van der Waals surface area contributed by atoms with Gasteiger partial charge in [0.25, 0.3) is 0 Å². The largest absolute Gasteiger partial charge is 0.389 e. The number of benzene rings is 1. The molecule has 0 bridgehead atoms. The Hall–Kier alpha value is -1.17. The minimum absolute atomic E-state index is 0.109. The summed E-state index contributed by atoms with van der Waals surface area (Å²) in [6.07, 6.45) is -4.29. The fraction of sp³-hybridized carbons (Fsp3) is 0.571. The van der Waals surface area contributed by atoms with Crippen molar-refractivity contribution < 1.29 is 22.0 Å². The Bertz CT molecular complexity index is 396. The summed E-state index contributed by atoms with van der Waals surface area (Å²) < 4.78 is 62.9. The Morgan fingerprint density at radius 2 is 1.70 bits per heavy atom. The van der Waals surface area contributed by atoms with Gasteiger partial charge in [0, 0.05) is 18.5 Å². The first-order valence-electron chi connectivity index (χ1n) is 6.55. The molecule has 1 atom stereocenters. The summed E-state index contributed by atoms with van der Waals surface area (Å²) in [5.74, 6) is -1.44. The van der Waals surface area contributed by atoms with Crippen LogP contribution in [0.1, 0.15) is 31.7 Å². The van der Waals surface area contributed by atoms with Crippen molar-refractivity contribution in [3.8, 4) is 0 Å². The fourth-order valence-corrected chi connectivity index (χ4v) is 1.98. The van der Waals surface area contributed by atoms with Gasteiger partial charge in [-0.2, -0.15) is 13.2 Å². The molecule has 1 N–H and O–H groups in total. The highest BCUT2D eigenvalue weighted by Crippen LogP contribution is 2.23. The van der Waals surface area contributed by atoms with Gasteiger partial charge in [0.2, 0.25) is 0 Å². The monoisotopic (exact) mass is 295 g/mol. The highest BCUT2D eigenvalue weighted by molar-refractivity contribution is 5.19. The standard InChI is InChI=1S/C14H18F5N/c1-2-5-20-13(3-4-14(17,18)19)8-10-6-11(15)9-12(16)7-10/h6-7,9,13,20H,2-5,8H2,1H3.